The standard InChI is InChI=1S/C8H7ClF3NO/c9-6-3-5(1-2-7(6)14)13-4-8(10,11)12/h1-3,13-14H,4H2. The normalized spacial score (nSPS) is 11.4. The van der Waals surface area contributed by atoms with Crippen LogP contribution in [0.1, 0.15) is 0 Å². The summed E-state index contributed by atoms with van der Waals surface area (Å²) >= 11 is 5.49. The average Bonchev–Trinajstić information content (AvgIpc) is 2.06. The van der Waals surface area contributed by atoms with E-state index in [0.717, 1.165) is 0 Å². The van der Waals surface area contributed by atoms with Crippen LogP contribution in [0.25, 0.3) is 0 Å². The van der Waals surface area contributed by atoms with E-state index in [1.807, 2.05) is 0 Å². The second-order valence-corrected chi connectivity index (χ2v) is 3.04. The van der Waals surface area contributed by atoms with Gasteiger partial charge in [-0.15, -0.1) is 0 Å². The maximum Gasteiger partial charge on any atom is 0.405 e. The fraction of sp³-hybridized carbons (Fsp3) is 0.250. The first-order valence-corrected chi connectivity index (χ1v) is 4.05. The molecule has 0 radical (unpaired) electrons. The van der Waals surface area contributed by atoms with Crippen LogP contribution in [-0.2, 0) is 0 Å². The van der Waals surface area contributed by atoms with Gasteiger partial charge in [-0.1, -0.05) is 11.6 Å². The molecule has 1 aromatic rings. The quantitative estimate of drug-likeness (QED) is 0.759. The lowest BCUT2D eigenvalue weighted by Gasteiger charge is -2.09. The van der Waals surface area contributed by atoms with Crippen LogP contribution >= 0.6 is 11.6 Å². The zero-order chi connectivity index (χ0) is 10.8. The van der Waals surface area contributed by atoms with Crippen molar-refractivity contribution in [3.8, 4) is 5.75 Å². The highest BCUT2D eigenvalue weighted by Gasteiger charge is 2.26. The Bertz CT molecular complexity index is 327. The summed E-state index contributed by atoms with van der Waals surface area (Å²) in [6.07, 6.45) is -4.27. The zero-order valence-corrected chi connectivity index (χ0v) is 7.65. The van der Waals surface area contributed by atoms with Gasteiger partial charge in [-0.3, -0.25) is 0 Å². The Kier molecular flexibility index (Phi) is 3.10. The molecule has 2 N–H and O–H groups in total. The maximum absolute atomic E-state index is 11.8. The van der Waals surface area contributed by atoms with Crippen molar-refractivity contribution in [3.63, 3.8) is 0 Å². The summed E-state index contributed by atoms with van der Waals surface area (Å²) in [5.41, 5.74) is 0.213. The summed E-state index contributed by atoms with van der Waals surface area (Å²) in [5, 5.41) is 11.1. The monoisotopic (exact) mass is 225 g/mol. The third kappa shape index (κ3) is 3.33. The lowest BCUT2D eigenvalue weighted by Crippen LogP contribution is -2.21. The molecule has 0 aliphatic carbocycles. The van der Waals surface area contributed by atoms with Crippen molar-refractivity contribution in [1.82, 2.24) is 0 Å². The number of anilines is 1. The highest BCUT2D eigenvalue weighted by atomic mass is 35.5. The van der Waals surface area contributed by atoms with Gasteiger partial charge in [0, 0.05) is 5.69 Å². The topological polar surface area (TPSA) is 32.3 Å². The summed E-state index contributed by atoms with van der Waals surface area (Å²) in [7, 11) is 0. The second-order valence-electron chi connectivity index (χ2n) is 2.63. The van der Waals surface area contributed by atoms with E-state index in [9.17, 15) is 13.2 Å². The number of alkyl halides is 3. The van der Waals surface area contributed by atoms with Gasteiger partial charge in [0.25, 0.3) is 0 Å². The minimum atomic E-state index is -4.27. The average molecular weight is 226 g/mol. The van der Waals surface area contributed by atoms with Crippen LogP contribution in [0.3, 0.4) is 0 Å². The minimum Gasteiger partial charge on any atom is -0.506 e. The molecule has 2 nitrogen and oxygen atoms in total. The number of hydrogen-bond donors (Lipinski definition) is 2. The Morgan fingerprint density at radius 3 is 2.50 bits per heavy atom. The van der Waals surface area contributed by atoms with Crippen LogP contribution < -0.4 is 5.32 Å². The predicted octanol–water partition coefficient (Wildman–Crippen LogP) is 3.02. The number of aromatic hydroxyl groups is 1. The molecule has 0 atom stereocenters. The molecular weight excluding hydrogens is 219 g/mol. The number of benzene rings is 1. The van der Waals surface area contributed by atoms with Crippen molar-refractivity contribution in [2.24, 2.45) is 0 Å². The first kappa shape index (κ1) is 11.0. The first-order valence-electron chi connectivity index (χ1n) is 3.67. The fourth-order valence-electron chi connectivity index (χ4n) is 0.819. The molecule has 1 rings (SSSR count). The molecule has 0 amide bonds. The predicted molar refractivity (Wildman–Crippen MR) is 47.7 cm³/mol. The maximum atomic E-state index is 11.8. The van der Waals surface area contributed by atoms with Gasteiger partial charge in [-0.2, -0.15) is 13.2 Å². The summed E-state index contributed by atoms with van der Waals surface area (Å²) < 4.78 is 35.3. The third-order valence-electron chi connectivity index (χ3n) is 1.44. The lowest BCUT2D eigenvalue weighted by atomic mass is 10.3. The molecular formula is C8H7ClF3NO. The van der Waals surface area contributed by atoms with E-state index in [1.54, 1.807) is 0 Å². The third-order valence-corrected chi connectivity index (χ3v) is 1.74. The molecule has 0 saturated carbocycles. The molecule has 0 aliphatic heterocycles. The van der Waals surface area contributed by atoms with Crippen molar-refractivity contribution in [3.05, 3.63) is 23.2 Å². The van der Waals surface area contributed by atoms with Gasteiger partial charge in [0.2, 0.25) is 0 Å². The van der Waals surface area contributed by atoms with E-state index < -0.39 is 12.7 Å². The van der Waals surface area contributed by atoms with Gasteiger partial charge < -0.3 is 10.4 Å². The Labute approximate surface area is 83.3 Å². The van der Waals surface area contributed by atoms with Gasteiger partial charge in [0.05, 0.1) is 5.02 Å². The summed E-state index contributed by atoms with van der Waals surface area (Å²) in [6, 6.07) is 3.76. The molecule has 0 unspecified atom stereocenters. The van der Waals surface area contributed by atoms with Gasteiger partial charge in [-0.25, -0.2) is 0 Å². The molecule has 0 fully saturated rings. The smallest absolute Gasteiger partial charge is 0.405 e. The molecule has 78 valence electrons. The van der Waals surface area contributed by atoms with Crippen LogP contribution in [0, 0.1) is 0 Å². The zero-order valence-electron chi connectivity index (χ0n) is 6.90. The Morgan fingerprint density at radius 1 is 1.36 bits per heavy atom. The van der Waals surface area contributed by atoms with Gasteiger partial charge in [-0.05, 0) is 18.2 Å². The molecule has 0 spiro atoms. The van der Waals surface area contributed by atoms with E-state index >= 15 is 0 Å². The van der Waals surface area contributed by atoms with E-state index in [2.05, 4.69) is 5.32 Å². The number of halogens is 4. The molecule has 0 saturated heterocycles. The van der Waals surface area contributed by atoms with Crippen molar-refractivity contribution in [2.75, 3.05) is 11.9 Å². The Balaban J connectivity index is 2.65. The second kappa shape index (κ2) is 3.96. The SMILES string of the molecule is Oc1ccc(NCC(F)(F)F)cc1Cl. The Hall–Kier alpha value is -1.10. The number of phenols is 1. The summed E-state index contributed by atoms with van der Waals surface area (Å²) in [5.74, 6) is -0.163. The van der Waals surface area contributed by atoms with Crippen molar-refractivity contribution in [1.29, 1.82) is 0 Å². The highest BCUT2D eigenvalue weighted by molar-refractivity contribution is 6.32. The van der Waals surface area contributed by atoms with Crippen molar-refractivity contribution < 1.29 is 18.3 Å². The van der Waals surface area contributed by atoms with E-state index in [4.69, 9.17) is 16.7 Å². The van der Waals surface area contributed by atoms with Crippen LogP contribution in [0.4, 0.5) is 18.9 Å². The molecule has 14 heavy (non-hydrogen) atoms. The van der Waals surface area contributed by atoms with E-state index in [1.165, 1.54) is 18.2 Å². The van der Waals surface area contributed by atoms with E-state index in [0.29, 0.717) is 0 Å². The molecule has 0 aliphatic rings. The number of phenolic OH excluding ortho intramolecular Hbond substituents is 1. The van der Waals surface area contributed by atoms with Crippen LogP contribution in [0.15, 0.2) is 18.2 Å². The van der Waals surface area contributed by atoms with Crippen LogP contribution in [0.2, 0.25) is 5.02 Å². The van der Waals surface area contributed by atoms with Crippen LogP contribution in [0.5, 0.6) is 5.75 Å². The van der Waals surface area contributed by atoms with Crippen molar-refractivity contribution >= 4 is 17.3 Å². The summed E-state index contributed by atoms with van der Waals surface area (Å²) in [6.45, 7) is -1.13. The molecule has 1 aromatic carbocycles. The van der Waals surface area contributed by atoms with Gasteiger partial charge >= 0.3 is 6.18 Å². The fourth-order valence-corrected chi connectivity index (χ4v) is 1.000. The van der Waals surface area contributed by atoms with Gasteiger partial charge in [0.1, 0.15) is 12.3 Å². The molecule has 6 heteroatoms. The van der Waals surface area contributed by atoms with E-state index in [-0.39, 0.29) is 16.5 Å². The number of hydrogen-bond acceptors (Lipinski definition) is 2. The largest absolute Gasteiger partial charge is 0.506 e. The Morgan fingerprint density at radius 2 is 2.00 bits per heavy atom. The minimum absolute atomic E-state index is 0.0113. The first-order chi connectivity index (χ1) is 6.38. The number of rotatable bonds is 2. The van der Waals surface area contributed by atoms with Crippen molar-refractivity contribution in [2.45, 2.75) is 6.18 Å². The number of nitrogens with one attached hydrogen (secondary N) is 1. The molecule has 0 bridgehead atoms. The van der Waals surface area contributed by atoms with Crippen LogP contribution in [-0.4, -0.2) is 17.8 Å². The summed E-state index contributed by atoms with van der Waals surface area (Å²) in [4.78, 5) is 0. The molecule has 0 aromatic heterocycles. The molecule has 0 heterocycles. The lowest BCUT2D eigenvalue weighted by molar-refractivity contribution is -0.115. The highest BCUT2D eigenvalue weighted by Crippen LogP contribution is 2.26. The van der Waals surface area contributed by atoms with Gasteiger partial charge in [0.15, 0.2) is 0 Å².